The molecule has 1 aliphatic heterocycles. The number of rotatable bonds is 5. The molecule has 0 saturated carbocycles. The Balaban J connectivity index is 2.64. The fourth-order valence-corrected chi connectivity index (χ4v) is 2.99. The van der Waals surface area contributed by atoms with Crippen molar-refractivity contribution in [2.45, 2.75) is 33.0 Å². The highest BCUT2D eigenvalue weighted by Gasteiger charge is 2.40. The Morgan fingerprint density at radius 1 is 1.50 bits per heavy atom. The zero-order valence-corrected chi connectivity index (χ0v) is 9.62. The van der Waals surface area contributed by atoms with Crippen LogP contribution in [0.4, 0.5) is 0 Å². The summed E-state index contributed by atoms with van der Waals surface area (Å²) in [6.07, 6.45) is 0.511. The molecule has 1 heterocycles. The number of nitrogens with zero attached hydrogens (tertiary/aromatic N) is 1. The van der Waals surface area contributed by atoms with Crippen molar-refractivity contribution in [3.8, 4) is 0 Å². The number of hydrogen-bond donors (Lipinski definition) is 0. The SMILES string of the molecule is CCOP(=O)(OCC)[C@H]1CC(C)=NO1. The Morgan fingerprint density at radius 3 is 2.43 bits per heavy atom. The van der Waals surface area contributed by atoms with E-state index in [1.165, 1.54) is 0 Å². The molecule has 0 aromatic rings. The first-order valence-electron chi connectivity index (χ1n) is 4.70. The normalized spacial score (nSPS) is 21.9. The molecule has 0 aliphatic carbocycles. The van der Waals surface area contributed by atoms with Crippen molar-refractivity contribution in [3.63, 3.8) is 0 Å². The summed E-state index contributed by atoms with van der Waals surface area (Å²) in [5.74, 6) is -0.567. The van der Waals surface area contributed by atoms with Crippen LogP contribution >= 0.6 is 7.60 Å². The summed E-state index contributed by atoms with van der Waals surface area (Å²) < 4.78 is 22.4. The quantitative estimate of drug-likeness (QED) is 0.669. The summed E-state index contributed by atoms with van der Waals surface area (Å²) in [5.41, 5.74) is 0.814. The second-order valence-electron chi connectivity index (χ2n) is 2.97. The van der Waals surface area contributed by atoms with Crippen molar-refractivity contribution in [1.29, 1.82) is 0 Å². The lowest BCUT2D eigenvalue weighted by molar-refractivity contribution is 0.0959. The molecular formula is C8H16NO4P. The molecule has 0 amide bonds. The fraction of sp³-hybridized carbons (Fsp3) is 0.875. The van der Waals surface area contributed by atoms with E-state index in [1.54, 1.807) is 13.8 Å². The monoisotopic (exact) mass is 221 g/mol. The first-order valence-corrected chi connectivity index (χ1v) is 6.31. The molecule has 5 nitrogen and oxygen atoms in total. The summed E-state index contributed by atoms with van der Waals surface area (Å²) in [5, 5.41) is 3.73. The van der Waals surface area contributed by atoms with E-state index in [4.69, 9.17) is 13.9 Å². The highest BCUT2D eigenvalue weighted by Crippen LogP contribution is 2.55. The molecule has 1 aliphatic rings. The van der Waals surface area contributed by atoms with Crippen LogP contribution in [0, 0.1) is 0 Å². The standard InChI is InChI=1S/C8H16NO4P/c1-4-11-14(10,12-5-2)8-6-7(3)9-13-8/h8H,4-6H2,1-3H3/t8-/m0/s1. The van der Waals surface area contributed by atoms with Crippen LogP contribution in [0.15, 0.2) is 5.16 Å². The van der Waals surface area contributed by atoms with Gasteiger partial charge < -0.3 is 13.9 Å². The molecule has 0 N–H and O–H groups in total. The third-order valence-corrected chi connectivity index (χ3v) is 3.99. The van der Waals surface area contributed by atoms with Crippen LogP contribution in [0.3, 0.4) is 0 Å². The molecule has 14 heavy (non-hydrogen) atoms. The van der Waals surface area contributed by atoms with E-state index in [0.29, 0.717) is 19.6 Å². The summed E-state index contributed by atoms with van der Waals surface area (Å²) in [4.78, 5) is 5.01. The molecule has 0 radical (unpaired) electrons. The van der Waals surface area contributed by atoms with Crippen molar-refractivity contribution in [2.24, 2.45) is 5.16 Å². The fourth-order valence-electron chi connectivity index (χ4n) is 1.21. The number of oxime groups is 1. The van der Waals surface area contributed by atoms with Gasteiger partial charge in [0, 0.05) is 6.42 Å². The molecule has 0 aromatic heterocycles. The van der Waals surface area contributed by atoms with Crippen LogP contribution in [0.2, 0.25) is 0 Å². The minimum absolute atomic E-state index is 0.343. The van der Waals surface area contributed by atoms with Crippen molar-refractivity contribution in [2.75, 3.05) is 13.2 Å². The van der Waals surface area contributed by atoms with Gasteiger partial charge in [0.1, 0.15) is 0 Å². The minimum atomic E-state index is -3.14. The lowest BCUT2D eigenvalue weighted by atomic mass is 10.3. The van der Waals surface area contributed by atoms with Crippen molar-refractivity contribution in [3.05, 3.63) is 0 Å². The molecule has 82 valence electrons. The highest BCUT2D eigenvalue weighted by atomic mass is 31.2. The zero-order valence-electron chi connectivity index (χ0n) is 8.73. The topological polar surface area (TPSA) is 57.1 Å². The lowest BCUT2D eigenvalue weighted by Gasteiger charge is -2.20. The van der Waals surface area contributed by atoms with E-state index in [1.807, 2.05) is 6.92 Å². The van der Waals surface area contributed by atoms with Gasteiger partial charge in [-0.05, 0) is 20.8 Å². The summed E-state index contributed by atoms with van der Waals surface area (Å²) in [6.45, 7) is 6.05. The van der Waals surface area contributed by atoms with Gasteiger partial charge in [0.05, 0.1) is 18.9 Å². The van der Waals surface area contributed by atoms with Crippen LogP contribution in [0.1, 0.15) is 27.2 Å². The highest BCUT2D eigenvalue weighted by molar-refractivity contribution is 7.54. The van der Waals surface area contributed by atoms with E-state index >= 15 is 0 Å². The Hall–Kier alpha value is -0.380. The second kappa shape index (κ2) is 4.91. The van der Waals surface area contributed by atoms with Gasteiger partial charge in [-0.25, -0.2) is 0 Å². The zero-order chi connectivity index (χ0) is 10.6. The van der Waals surface area contributed by atoms with Gasteiger partial charge in [0.2, 0.25) is 5.85 Å². The molecule has 0 bridgehead atoms. The summed E-state index contributed by atoms with van der Waals surface area (Å²) in [6, 6.07) is 0. The largest absolute Gasteiger partial charge is 0.379 e. The molecule has 1 atom stereocenters. The van der Waals surface area contributed by atoms with Gasteiger partial charge in [0.15, 0.2) is 0 Å². The minimum Gasteiger partial charge on any atom is -0.379 e. The number of hydrogen-bond acceptors (Lipinski definition) is 5. The molecule has 6 heteroatoms. The Morgan fingerprint density at radius 2 is 2.07 bits per heavy atom. The molecule has 0 spiro atoms. The molecule has 0 unspecified atom stereocenters. The van der Waals surface area contributed by atoms with E-state index < -0.39 is 13.4 Å². The second-order valence-corrected chi connectivity index (χ2v) is 5.14. The predicted octanol–water partition coefficient (Wildman–Crippen LogP) is 2.37. The first-order chi connectivity index (χ1) is 6.62. The predicted molar refractivity (Wildman–Crippen MR) is 53.5 cm³/mol. The van der Waals surface area contributed by atoms with Crippen LogP contribution in [0.5, 0.6) is 0 Å². The molecule has 0 aromatic carbocycles. The van der Waals surface area contributed by atoms with Gasteiger partial charge in [0.25, 0.3) is 0 Å². The van der Waals surface area contributed by atoms with Crippen LogP contribution < -0.4 is 0 Å². The maximum Gasteiger partial charge on any atom is 0.374 e. The average molecular weight is 221 g/mol. The average Bonchev–Trinajstić information content (AvgIpc) is 2.53. The molecule has 0 saturated heterocycles. The van der Waals surface area contributed by atoms with Crippen molar-refractivity contribution in [1.82, 2.24) is 0 Å². The maximum absolute atomic E-state index is 12.1. The van der Waals surface area contributed by atoms with E-state index in [2.05, 4.69) is 5.16 Å². The third kappa shape index (κ3) is 2.56. The maximum atomic E-state index is 12.1. The van der Waals surface area contributed by atoms with Gasteiger partial charge in [-0.1, -0.05) is 5.16 Å². The Bertz CT molecular complexity index is 256. The van der Waals surface area contributed by atoms with E-state index in [0.717, 1.165) is 5.71 Å². The first kappa shape index (κ1) is 11.7. The molecular weight excluding hydrogens is 205 g/mol. The Labute approximate surface area is 83.9 Å². The third-order valence-electron chi connectivity index (χ3n) is 1.77. The van der Waals surface area contributed by atoms with Crippen molar-refractivity contribution >= 4 is 13.3 Å². The summed E-state index contributed by atoms with van der Waals surface area (Å²) >= 11 is 0. The van der Waals surface area contributed by atoms with Gasteiger partial charge in [-0.2, -0.15) is 0 Å². The van der Waals surface area contributed by atoms with Crippen LogP contribution in [0.25, 0.3) is 0 Å². The van der Waals surface area contributed by atoms with Gasteiger partial charge in [-0.3, -0.25) is 4.57 Å². The Kier molecular flexibility index (Phi) is 4.11. The molecule has 1 rings (SSSR count). The summed E-state index contributed by atoms with van der Waals surface area (Å²) in [7, 11) is -3.14. The van der Waals surface area contributed by atoms with Crippen LogP contribution in [-0.4, -0.2) is 24.8 Å². The van der Waals surface area contributed by atoms with Crippen LogP contribution in [-0.2, 0) is 18.5 Å². The van der Waals surface area contributed by atoms with E-state index in [9.17, 15) is 4.57 Å². The van der Waals surface area contributed by atoms with Gasteiger partial charge in [-0.15, -0.1) is 0 Å². The van der Waals surface area contributed by atoms with Gasteiger partial charge >= 0.3 is 7.60 Å². The molecule has 0 fully saturated rings. The lowest BCUT2D eigenvalue weighted by Crippen LogP contribution is -2.13. The smallest absolute Gasteiger partial charge is 0.374 e. The van der Waals surface area contributed by atoms with E-state index in [-0.39, 0.29) is 0 Å². The van der Waals surface area contributed by atoms with Crippen molar-refractivity contribution < 1.29 is 18.5 Å².